The van der Waals surface area contributed by atoms with Gasteiger partial charge in [-0.1, -0.05) is 20.8 Å². The summed E-state index contributed by atoms with van der Waals surface area (Å²) in [6.45, 7) is 7.99. The Kier molecular flexibility index (Phi) is 3.53. The minimum Gasteiger partial charge on any atom is -0.465 e. The van der Waals surface area contributed by atoms with Gasteiger partial charge in [0.2, 0.25) is 0 Å². The van der Waals surface area contributed by atoms with Crippen molar-refractivity contribution in [2.45, 2.75) is 58.1 Å². The van der Waals surface area contributed by atoms with Crippen molar-refractivity contribution >= 4 is 12.2 Å². The zero-order valence-electron chi connectivity index (χ0n) is 13.7. The molecule has 3 rings (SSSR count). The van der Waals surface area contributed by atoms with Gasteiger partial charge in [-0.25, -0.2) is 9.59 Å². The van der Waals surface area contributed by atoms with Crippen molar-refractivity contribution in [1.82, 2.24) is 9.80 Å². The Morgan fingerprint density at radius 1 is 1.32 bits per heavy atom. The van der Waals surface area contributed by atoms with Crippen LogP contribution in [0.4, 0.5) is 9.59 Å². The van der Waals surface area contributed by atoms with Crippen LogP contribution in [-0.2, 0) is 4.74 Å². The fraction of sp³-hybridized carbons (Fsp3) is 0.875. The van der Waals surface area contributed by atoms with Crippen LogP contribution in [0.25, 0.3) is 0 Å². The standard InChI is InChI=1S/C16H26N2O4/c1-15(2,3)12-16(6-8-17(9-7-16)13(19)20)18(14(21)22-12)10-11-4-5-11/h11-12H,4-10H2,1-3H3,(H,19,20). The second-order valence-electron chi connectivity index (χ2n) is 8.06. The molecule has 124 valence electrons. The number of nitrogens with zero attached hydrogens (tertiary/aromatic N) is 2. The third-order valence-electron chi connectivity index (χ3n) is 5.29. The molecule has 1 unspecified atom stereocenters. The van der Waals surface area contributed by atoms with Crippen molar-refractivity contribution in [3.8, 4) is 0 Å². The smallest absolute Gasteiger partial charge is 0.410 e. The number of piperidine rings is 1. The maximum atomic E-state index is 12.5. The molecule has 2 amide bonds. The Morgan fingerprint density at radius 2 is 1.91 bits per heavy atom. The van der Waals surface area contributed by atoms with Gasteiger partial charge in [0.15, 0.2) is 0 Å². The molecule has 3 fully saturated rings. The van der Waals surface area contributed by atoms with Crippen LogP contribution >= 0.6 is 0 Å². The number of hydrogen-bond acceptors (Lipinski definition) is 3. The molecule has 0 aromatic rings. The maximum absolute atomic E-state index is 12.5. The molecule has 22 heavy (non-hydrogen) atoms. The van der Waals surface area contributed by atoms with Gasteiger partial charge in [0.05, 0.1) is 5.54 Å². The lowest BCUT2D eigenvalue weighted by atomic mass is 9.71. The van der Waals surface area contributed by atoms with Gasteiger partial charge >= 0.3 is 12.2 Å². The van der Waals surface area contributed by atoms with Gasteiger partial charge in [-0.05, 0) is 31.6 Å². The molecule has 1 atom stereocenters. The third kappa shape index (κ3) is 2.52. The molecule has 3 aliphatic rings. The number of likely N-dealkylation sites (tertiary alicyclic amines) is 1. The van der Waals surface area contributed by atoms with Crippen molar-refractivity contribution in [2.75, 3.05) is 19.6 Å². The van der Waals surface area contributed by atoms with Crippen LogP contribution in [0, 0.1) is 11.3 Å². The van der Waals surface area contributed by atoms with Crippen LogP contribution in [-0.4, -0.2) is 58.4 Å². The summed E-state index contributed by atoms with van der Waals surface area (Å²) < 4.78 is 5.78. The SMILES string of the molecule is CC(C)(C)C1OC(=O)N(CC2CC2)C12CCN(C(=O)O)CC2. The molecule has 2 saturated heterocycles. The minimum absolute atomic E-state index is 0.153. The van der Waals surface area contributed by atoms with Crippen LogP contribution in [0.3, 0.4) is 0 Å². The predicted octanol–water partition coefficient (Wildman–Crippen LogP) is 2.78. The Balaban J connectivity index is 1.87. The van der Waals surface area contributed by atoms with E-state index < -0.39 is 6.09 Å². The Morgan fingerprint density at radius 3 is 2.36 bits per heavy atom. The largest absolute Gasteiger partial charge is 0.465 e. The van der Waals surface area contributed by atoms with E-state index in [4.69, 9.17) is 4.74 Å². The van der Waals surface area contributed by atoms with Crippen LogP contribution in [0.2, 0.25) is 0 Å². The van der Waals surface area contributed by atoms with E-state index in [9.17, 15) is 14.7 Å². The topological polar surface area (TPSA) is 70.1 Å². The van der Waals surface area contributed by atoms with Crippen LogP contribution in [0.5, 0.6) is 0 Å². The van der Waals surface area contributed by atoms with Gasteiger partial charge in [-0.3, -0.25) is 4.90 Å². The summed E-state index contributed by atoms with van der Waals surface area (Å²) in [6.07, 6.45) is 2.43. The lowest BCUT2D eigenvalue weighted by Crippen LogP contribution is -2.61. The Labute approximate surface area is 131 Å². The monoisotopic (exact) mass is 310 g/mol. The fourth-order valence-corrected chi connectivity index (χ4v) is 4.01. The first-order chi connectivity index (χ1) is 10.2. The molecule has 2 aliphatic heterocycles. The third-order valence-corrected chi connectivity index (χ3v) is 5.29. The molecule has 0 bridgehead atoms. The van der Waals surface area contributed by atoms with Crippen molar-refractivity contribution in [2.24, 2.45) is 11.3 Å². The number of cyclic esters (lactones) is 1. The van der Waals surface area contributed by atoms with Crippen LogP contribution in [0.15, 0.2) is 0 Å². The second kappa shape index (κ2) is 5.03. The lowest BCUT2D eigenvalue weighted by molar-refractivity contribution is -0.0221. The highest BCUT2D eigenvalue weighted by atomic mass is 16.6. The van der Waals surface area contributed by atoms with Gasteiger partial charge in [0.1, 0.15) is 6.10 Å². The van der Waals surface area contributed by atoms with Gasteiger partial charge in [0, 0.05) is 25.0 Å². The molecule has 1 saturated carbocycles. The van der Waals surface area contributed by atoms with E-state index in [0.717, 1.165) is 6.54 Å². The maximum Gasteiger partial charge on any atom is 0.410 e. The first kappa shape index (κ1) is 15.4. The number of rotatable bonds is 2. The minimum atomic E-state index is -0.874. The van der Waals surface area contributed by atoms with Crippen molar-refractivity contribution < 1.29 is 19.4 Å². The predicted molar refractivity (Wildman–Crippen MR) is 80.7 cm³/mol. The van der Waals surface area contributed by atoms with E-state index in [0.29, 0.717) is 31.8 Å². The summed E-state index contributed by atoms with van der Waals surface area (Å²) in [7, 11) is 0. The number of ether oxygens (including phenoxy) is 1. The molecule has 1 N–H and O–H groups in total. The van der Waals surface area contributed by atoms with Crippen LogP contribution in [0.1, 0.15) is 46.5 Å². The summed E-state index contributed by atoms with van der Waals surface area (Å²) in [5, 5.41) is 9.18. The first-order valence-electron chi connectivity index (χ1n) is 8.20. The molecule has 2 heterocycles. The van der Waals surface area contributed by atoms with Gasteiger partial charge in [-0.15, -0.1) is 0 Å². The van der Waals surface area contributed by atoms with Crippen molar-refractivity contribution in [1.29, 1.82) is 0 Å². The summed E-state index contributed by atoms with van der Waals surface area (Å²) in [6, 6.07) is 0. The average Bonchev–Trinajstić information content (AvgIpc) is 3.20. The van der Waals surface area contributed by atoms with Crippen molar-refractivity contribution in [3.63, 3.8) is 0 Å². The Bertz CT molecular complexity index is 473. The summed E-state index contributed by atoms with van der Waals surface area (Å²) in [5.41, 5.74) is -0.497. The van der Waals surface area contributed by atoms with Gasteiger partial charge in [0.25, 0.3) is 0 Å². The molecule has 0 aromatic carbocycles. The molecule has 1 spiro atoms. The normalized spacial score (nSPS) is 28.1. The molecular weight excluding hydrogens is 284 g/mol. The second-order valence-corrected chi connectivity index (χ2v) is 8.06. The zero-order valence-corrected chi connectivity index (χ0v) is 13.7. The number of hydrogen-bond donors (Lipinski definition) is 1. The van der Waals surface area contributed by atoms with E-state index in [1.165, 1.54) is 17.7 Å². The lowest BCUT2D eigenvalue weighted by Gasteiger charge is -2.47. The molecule has 0 aromatic heterocycles. The van der Waals surface area contributed by atoms with E-state index in [-0.39, 0.29) is 23.2 Å². The van der Waals surface area contributed by atoms with E-state index in [1.54, 1.807) is 0 Å². The fourth-order valence-electron chi connectivity index (χ4n) is 4.01. The highest BCUT2D eigenvalue weighted by Gasteiger charge is 2.60. The van der Waals surface area contributed by atoms with E-state index in [2.05, 4.69) is 20.8 Å². The van der Waals surface area contributed by atoms with Gasteiger partial charge in [-0.2, -0.15) is 0 Å². The molecule has 6 nitrogen and oxygen atoms in total. The van der Waals surface area contributed by atoms with E-state index in [1.807, 2.05) is 4.90 Å². The highest BCUT2D eigenvalue weighted by molar-refractivity contribution is 5.72. The summed E-state index contributed by atoms with van der Waals surface area (Å²) in [5.74, 6) is 0.598. The van der Waals surface area contributed by atoms with E-state index >= 15 is 0 Å². The van der Waals surface area contributed by atoms with Crippen molar-refractivity contribution in [3.05, 3.63) is 0 Å². The highest BCUT2D eigenvalue weighted by Crippen LogP contribution is 2.48. The first-order valence-corrected chi connectivity index (χ1v) is 8.20. The zero-order chi connectivity index (χ0) is 16.1. The molecule has 0 radical (unpaired) electrons. The molecule has 1 aliphatic carbocycles. The van der Waals surface area contributed by atoms with Crippen LogP contribution < -0.4 is 0 Å². The summed E-state index contributed by atoms with van der Waals surface area (Å²) >= 11 is 0. The molecular formula is C16H26N2O4. The number of amides is 2. The average molecular weight is 310 g/mol. The summed E-state index contributed by atoms with van der Waals surface area (Å²) in [4.78, 5) is 27.0. The quantitative estimate of drug-likeness (QED) is 0.851. The number of carbonyl (C=O) groups is 2. The van der Waals surface area contributed by atoms with Gasteiger partial charge < -0.3 is 14.7 Å². The number of carbonyl (C=O) groups excluding carboxylic acids is 1. The molecule has 6 heteroatoms. The number of carboxylic acid groups (broad SMARTS) is 1. The Hall–Kier alpha value is -1.46.